The molecule has 150 valence electrons. The zero-order valence-electron chi connectivity index (χ0n) is 16.9. The van der Waals surface area contributed by atoms with E-state index in [1.54, 1.807) is 0 Å². The summed E-state index contributed by atoms with van der Waals surface area (Å²) in [4.78, 5) is 17.1. The predicted molar refractivity (Wildman–Crippen MR) is 114 cm³/mol. The number of aromatic nitrogens is 2. The smallest absolute Gasteiger partial charge is 0.272 e. The molecule has 1 amide bonds. The molecule has 1 aliphatic heterocycles. The molecule has 0 aliphatic carbocycles. The van der Waals surface area contributed by atoms with Crippen LogP contribution < -0.4 is 9.64 Å². The van der Waals surface area contributed by atoms with E-state index in [-0.39, 0.29) is 5.91 Å². The van der Waals surface area contributed by atoms with Gasteiger partial charge in [-0.05, 0) is 32.0 Å². The molecule has 0 saturated carbocycles. The highest BCUT2D eigenvalue weighted by molar-refractivity contribution is 5.93. The Morgan fingerprint density at radius 3 is 2.52 bits per heavy atom. The number of benzene rings is 2. The predicted octanol–water partition coefficient (Wildman–Crippen LogP) is 3.75. The SMILES string of the molecule is CCOc1ccccc1N1CCN(C(=O)c2cc(-c3ccc(C)cc3)n[nH]2)CC1. The fraction of sp³-hybridized carbons (Fsp3) is 0.304. The van der Waals surface area contributed by atoms with E-state index in [1.807, 2.05) is 60.4 Å². The molecular formula is C23H26N4O2. The Hall–Kier alpha value is -3.28. The number of nitrogens with zero attached hydrogens (tertiary/aromatic N) is 3. The lowest BCUT2D eigenvalue weighted by Gasteiger charge is -2.36. The van der Waals surface area contributed by atoms with Gasteiger partial charge in [0.15, 0.2) is 0 Å². The molecule has 1 aromatic heterocycles. The number of rotatable bonds is 5. The number of amides is 1. The normalized spacial score (nSPS) is 14.1. The molecule has 29 heavy (non-hydrogen) atoms. The van der Waals surface area contributed by atoms with Gasteiger partial charge >= 0.3 is 0 Å². The molecule has 1 aliphatic rings. The van der Waals surface area contributed by atoms with Crippen LogP contribution in [0.25, 0.3) is 11.3 Å². The summed E-state index contributed by atoms with van der Waals surface area (Å²) in [6.45, 7) is 7.55. The number of hydrogen-bond acceptors (Lipinski definition) is 4. The summed E-state index contributed by atoms with van der Waals surface area (Å²) in [5.41, 5.74) is 4.61. The zero-order chi connectivity index (χ0) is 20.2. The minimum absolute atomic E-state index is 0.00592. The van der Waals surface area contributed by atoms with Crippen molar-refractivity contribution in [1.29, 1.82) is 0 Å². The summed E-state index contributed by atoms with van der Waals surface area (Å²) in [7, 11) is 0. The van der Waals surface area contributed by atoms with Crippen molar-refractivity contribution in [1.82, 2.24) is 15.1 Å². The number of carbonyl (C=O) groups is 1. The van der Waals surface area contributed by atoms with Crippen LogP contribution in [0.4, 0.5) is 5.69 Å². The topological polar surface area (TPSA) is 61.5 Å². The Labute approximate surface area is 171 Å². The second-order valence-corrected chi connectivity index (χ2v) is 7.21. The highest BCUT2D eigenvalue weighted by Gasteiger charge is 2.25. The van der Waals surface area contributed by atoms with Crippen molar-refractivity contribution >= 4 is 11.6 Å². The molecule has 3 aromatic rings. The van der Waals surface area contributed by atoms with Gasteiger partial charge in [-0.1, -0.05) is 42.0 Å². The van der Waals surface area contributed by atoms with Crippen molar-refractivity contribution < 1.29 is 9.53 Å². The van der Waals surface area contributed by atoms with Gasteiger partial charge in [0.25, 0.3) is 5.91 Å². The highest BCUT2D eigenvalue weighted by atomic mass is 16.5. The maximum absolute atomic E-state index is 12.9. The highest BCUT2D eigenvalue weighted by Crippen LogP contribution is 2.29. The number of nitrogens with one attached hydrogen (secondary N) is 1. The van der Waals surface area contributed by atoms with Gasteiger partial charge in [0.2, 0.25) is 0 Å². The van der Waals surface area contributed by atoms with Crippen LogP contribution in [0, 0.1) is 6.92 Å². The van der Waals surface area contributed by atoms with Crippen molar-refractivity contribution in [3.8, 4) is 17.0 Å². The molecule has 1 N–H and O–H groups in total. The van der Waals surface area contributed by atoms with Gasteiger partial charge in [-0.15, -0.1) is 0 Å². The van der Waals surface area contributed by atoms with Gasteiger partial charge in [-0.2, -0.15) is 5.10 Å². The Bertz CT molecular complexity index is 973. The second-order valence-electron chi connectivity index (χ2n) is 7.21. The summed E-state index contributed by atoms with van der Waals surface area (Å²) in [5.74, 6) is 0.889. The first kappa shape index (κ1) is 19.1. The monoisotopic (exact) mass is 390 g/mol. The lowest BCUT2D eigenvalue weighted by molar-refractivity contribution is 0.0740. The number of carbonyl (C=O) groups excluding carboxylic acids is 1. The van der Waals surface area contributed by atoms with Crippen LogP contribution in [-0.4, -0.2) is 53.8 Å². The molecular weight excluding hydrogens is 364 g/mol. The van der Waals surface area contributed by atoms with Crippen LogP contribution >= 0.6 is 0 Å². The Morgan fingerprint density at radius 2 is 1.79 bits per heavy atom. The van der Waals surface area contributed by atoms with Crippen molar-refractivity contribution in [2.45, 2.75) is 13.8 Å². The number of H-pyrrole nitrogens is 1. The molecule has 0 spiro atoms. The summed E-state index contributed by atoms with van der Waals surface area (Å²) < 4.78 is 5.75. The van der Waals surface area contributed by atoms with Crippen LogP contribution in [0.2, 0.25) is 0 Å². The Kier molecular flexibility index (Phi) is 5.51. The first-order valence-electron chi connectivity index (χ1n) is 10.0. The van der Waals surface area contributed by atoms with Gasteiger partial charge < -0.3 is 14.5 Å². The molecule has 4 rings (SSSR count). The minimum atomic E-state index is -0.00592. The number of para-hydroxylation sites is 2. The average Bonchev–Trinajstić information content (AvgIpc) is 3.25. The number of anilines is 1. The van der Waals surface area contributed by atoms with Crippen LogP contribution in [0.15, 0.2) is 54.6 Å². The van der Waals surface area contributed by atoms with E-state index in [9.17, 15) is 4.79 Å². The number of aryl methyl sites for hydroxylation is 1. The number of aromatic amines is 1. The van der Waals surface area contributed by atoms with E-state index in [4.69, 9.17) is 4.74 Å². The van der Waals surface area contributed by atoms with Gasteiger partial charge in [0, 0.05) is 31.7 Å². The van der Waals surface area contributed by atoms with E-state index in [1.165, 1.54) is 5.56 Å². The quantitative estimate of drug-likeness (QED) is 0.721. The summed E-state index contributed by atoms with van der Waals surface area (Å²) in [5, 5.41) is 7.24. The number of hydrogen-bond donors (Lipinski definition) is 1. The van der Waals surface area contributed by atoms with E-state index < -0.39 is 0 Å². The van der Waals surface area contributed by atoms with Crippen molar-refractivity contribution in [3.05, 3.63) is 65.9 Å². The van der Waals surface area contributed by atoms with Crippen LogP contribution in [0.3, 0.4) is 0 Å². The Morgan fingerprint density at radius 1 is 1.07 bits per heavy atom. The van der Waals surface area contributed by atoms with E-state index in [0.717, 1.165) is 35.8 Å². The van der Waals surface area contributed by atoms with E-state index in [0.29, 0.717) is 25.4 Å². The first-order chi connectivity index (χ1) is 14.2. The zero-order valence-corrected chi connectivity index (χ0v) is 16.9. The van der Waals surface area contributed by atoms with Gasteiger partial charge in [-0.25, -0.2) is 0 Å². The third-order valence-corrected chi connectivity index (χ3v) is 5.23. The van der Waals surface area contributed by atoms with Crippen LogP contribution in [0.5, 0.6) is 5.75 Å². The maximum atomic E-state index is 12.9. The third kappa shape index (κ3) is 4.11. The third-order valence-electron chi connectivity index (χ3n) is 5.23. The summed E-state index contributed by atoms with van der Waals surface area (Å²) in [6.07, 6.45) is 0. The fourth-order valence-corrected chi connectivity index (χ4v) is 3.62. The second kappa shape index (κ2) is 8.39. The molecule has 2 aromatic carbocycles. The largest absolute Gasteiger partial charge is 0.492 e. The first-order valence-corrected chi connectivity index (χ1v) is 10.0. The number of piperazine rings is 1. The van der Waals surface area contributed by atoms with E-state index >= 15 is 0 Å². The number of ether oxygens (including phenoxy) is 1. The molecule has 1 saturated heterocycles. The van der Waals surface area contributed by atoms with Gasteiger partial charge in [0.05, 0.1) is 18.0 Å². The van der Waals surface area contributed by atoms with E-state index in [2.05, 4.69) is 28.1 Å². The van der Waals surface area contributed by atoms with Gasteiger partial charge in [0.1, 0.15) is 11.4 Å². The molecule has 1 fully saturated rings. The van der Waals surface area contributed by atoms with Gasteiger partial charge in [-0.3, -0.25) is 9.89 Å². The summed E-state index contributed by atoms with van der Waals surface area (Å²) >= 11 is 0. The molecule has 0 unspecified atom stereocenters. The lowest BCUT2D eigenvalue weighted by Crippen LogP contribution is -2.49. The Balaban J connectivity index is 1.41. The van der Waals surface area contributed by atoms with Crippen molar-refractivity contribution in [2.75, 3.05) is 37.7 Å². The molecule has 6 heteroatoms. The minimum Gasteiger partial charge on any atom is -0.492 e. The van der Waals surface area contributed by atoms with Crippen LogP contribution in [-0.2, 0) is 0 Å². The molecule has 6 nitrogen and oxygen atoms in total. The van der Waals surface area contributed by atoms with Crippen molar-refractivity contribution in [2.24, 2.45) is 0 Å². The molecule has 0 atom stereocenters. The lowest BCUT2D eigenvalue weighted by atomic mass is 10.1. The summed E-state index contributed by atoms with van der Waals surface area (Å²) in [6, 6.07) is 18.0. The fourth-order valence-electron chi connectivity index (χ4n) is 3.62. The van der Waals surface area contributed by atoms with Crippen molar-refractivity contribution in [3.63, 3.8) is 0 Å². The standard InChI is InChI=1S/C23H26N4O2/c1-3-29-22-7-5-4-6-21(22)26-12-14-27(15-13-26)23(28)20-16-19(24-25-20)18-10-8-17(2)9-11-18/h4-11,16H,3,12-15H2,1-2H3,(H,24,25). The molecule has 0 bridgehead atoms. The maximum Gasteiger partial charge on any atom is 0.272 e. The molecule has 2 heterocycles. The average molecular weight is 390 g/mol. The molecule has 0 radical (unpaired) electrons. The van der Waals surface area contributed by atoms with Crippen LogP contribution in [0.1, 0.15) is 23.0 Å².